The van der Waals surface area contributed by atoms with Crippen LogP contribution in [0.2, 0.25) is 0 Å². The molecule has 0 bridgehead atoms. The highest BCUT2D eigenvalue weighted by Gasteiger charge is 2.28. The van der Waals surface area contributed by atoms with Crippen LogP contribution in [0.5, 0.6) is 5.75 Å². The first-order valence-corrected chi connectivity index (χ1v) is 6.22. The van der Waals surface area contributed by atoms with Crippen LogP contribution in [0, 0.1) is 16.7 Å². The molecule has 1 N–H and O–H groups in total. The zero-order valence-corrected chi connectivity index (χ0v) is 12.1. The predicted octanol–water partition coefficient (Wildman–Crippen LogP) is 3.31. The number of hydrogen-bond donors (Lipinski definition) is 1. The Kier molecular flexibility index (Phi) is 4.55. The van der Waals surface area contributed by atoms with Gasteiger partial charge in [0.05, 0.1) is 18.9 Å². The van der Waals surface area contributed by atoms with Crippen LogP contribution in [-0.4, -0.2) is 13.0 Å². The van der Waals surface area contributed by atoms with Gasteiger partial charge in [0.15, 0.2) is 0 Å². The molecule has 1 rings (SSSR count). The third-order valence-electron chi connectivity index (χ3n) is 2.99. The highest BCUT2D eigenvalue weighted by molar-refractivity contribution is 5.97. The fourth-order valence-corrected chi connectivity index (χ4v) is 1.51. The highest BCUT2D eigenvalue weighted by Crippen LogP contribution is 2.30. The molecule has 0 aromatic heterocycles. The molecule has 0 spiro atoms. The van der Waals surface area contributed by atoms with E-state index in [0.29, 0.717) is 17.4 Å². The Bertz CT molecular complexity index is 513. The number of carbonyl (C=O) groups excluding carboxylic acids is 1. The average molecular weight is 260 g/mol. The van der Waals surface area contributed by atoms with Crippen LogP contribution in [0.3, 0.4) is 0 Å². The van der Waals surface area contributed by atoms with Crippen molar-refractivity contribution in [3.8, 4) is 11.8 Å². The summed E-state index contributed by atoms with van der Waals surface area (Å²) >= 11 is 0. The molecule has 0 aliphatic heterocycles. The van der Waals surface area contributed by atoms with E-state index < -0.39 is 5.41 Å². The molecule has 0 heterocycles. The quantitative estimate of drug-likeness (QED) is 0.903. The van der Waals surface area contributed by atoms with Crippen LogP contribution in [0.4, 0.5) is 5.69 Å². The Morgan fingerprint density at radius 1 is 1.42 bits per heavy atom. The first kappa shape index (κ1) is 15.0. The maximum absolute atomic E-state index is 12.0. The second kappa shape index (κ2) is 5.75. The minimum absolute atomic E-state index is 0.339. The molecule has 0 atom stereocenters. The average Bonchev–Trinajstić information content (AvgIpc) is 2.38. The third-order valence-corrected chi connectivity index (χ3v) is 2.99. The van der Waals surface area contributed by atoms with Crippen molar-refractivity contribution >= 4 is 11.6 Å². The summed E-state index contributed by atoms with van der Waals surface area (Å²) in [7, 11) is 1.55. The number of hydrogen-bond acceptors (Lipinski definition) is 3. The zero-order chi connectivity index (χ0) is 14.6. The van der Waals surface area contributed by atoms with Crippen LogP contribution < -0.4 is 10.1 Å². The van der Waals surface area contributed by atoms with Crippen molar-refractivity contribution in [3.05, 3.63) is 23.8 Å². The summed E-state index contributed by atoms with van der Waals surface area (Å²) in [5.74, 6) is 0.603. The number of nitriles is 1. The van der Waals surface area contributed by atoms with Crippen LogP contribution in [0.15, 0.2) is 18.2 Å². The Labute approximate surface area is 114 Å². The number of ether oxygens (including phenoxy) is 1. The molecule has 0 saturated heterocycles. The van der Waals surface area contributed by atoms with Gasteiger partial charge in [-0.2, -0.15) is 5.26 Å². The lowest BCUT2D eigenvalue weighted by Gasteiger charge is -2.18. The molecule has 1 amide bonds. The highest BCUT2D eigenvalue weighted by atomic mass is 16.5. The molecule has 0 aliphatic carbocycles. The number of methoxy groups -OCH3 is 1. The van der Waals surface area contributed by atoms with E-state index >= 15 is 0 Å². The van der Waals surface area contributed by atoms with Gasteiger partial charge < -0.3 is 10.1 Å². The smallest absolute Gasteiger partial charge is 0.244 e. The number of benzene rings is 1. The molecular formula is C15H20N2O2. The van der Waals surface area contributed by atoms with E-state index in [4.69, 9.17) is 10.00 Å². The number of rotatable bonds is 4. The predicted molar refractivity (Wildman–Crippen MR) is 75.1 cm³/mol. The normalized spacial score (nSPS) is 11.0. The van der Waals surface area contributed by atoms with Crippen molar-refractivity contribution in [2.24, 2.45) is 5.41 Å². The fraction of sp³-hybridized carbons (Fsp3) is 0.467. The SMILES string of the molecule is COc1ccc(C(C)C)cc1NC(=O)C(C)(C)C#N. The van der Waals surface area contributed by atoms with Crippen molar-refractivity contribution < 1.29 is 9.53 Å². The van der Waals surface area contributed by atoms with Crippen LogP contribution >= 0.6 is 0 Å². The van der Waals surface area contributed by atoms with E-state index in [9.17, 15) is 4.79 Å². The van der Waals surface area contributed by atoms with Crippen LogP contribution in [-0.2, 0) is 4.79 Å². The molecule has 1 aromatic rings. The molecule has 0 radical (unpaired) electrons. The monoisotopic (exact) mass is 260 g/mol. The summed E-state index contributed by atoms with van der Waals surface area (Å²) in [6.07, 6.45) is 0. The third kappa shape index (κ3) is 3.47. The number of anilines is 1. The summed E-state index contributed by atoms with van der Waals surface area (Å²) in [6, 6.07) is 7.66. The standard InChI is InChI=1S/C15H20N2O2/c1-10(2)11-6-7-13(19-5)12(8-11)17-14(18)15(3,4)9-16/h6-8,10H,1-5H3,(H,17,18). The van der Waals surface area contributed by atoms with Crippen molar-refractivity contribution in [3.63, 3.8) is 0 Å². The van der Waals surface area contributed by atoms with Crippen molar-refractivity contribution in [2.45, 2.75) is 33.6 Å². The molecule has 4 heteroatoms. The molecule has 0 saturated carbocycles. The minimum atomic E-state index is -1.07. The maximum Gasteiger partial charge on any atom is 0.244 e. The minimum Gasteiger partial charge on any atom is -0.495 e. The first-order chi connectivity index (χ1) is 8.81. The van der Waals surface area contributed by atoms with Gasteiger partial charge in [-0.25, -0.2) is 0 Å². The Morgan fingerprint density at radius 3 is 2.53 bits per heavy atom. The van der Waals surface area contributed by atoms with Crippen LogP contribution in [0.25, 0.3) is 0 Å². The number of amides is 1. The summed E-state index contributed by atoms with van der Waals surface area (Å²) in [6.45, 7) is 7.32. The van der Waals surface area contributed by atoms with Gasteiger partial charge in [-0.05, 0) is 37.5 Å². The summed E-state index contributed by atoms with van der Waals surface area (Å²) in [5.41, 5.74) is 0.631. The Balaban J connectivity index is 3.09. The lowest BCUT2D eigenvalue weighted by Crippen LogP contribution is -2.29. The molecule has 4 nitrogen and oxygen atoms in total. The van der Waals surface area contributed by atoms with Crippen molar-refractivity contribution in [1.29, 1.82) is 5.26 Å². The van der Waals surface area contributed by atoms with Gasteiger partial charge in [-0.15, -0.1) is 0 Å². The van der Waals surface area contributed by atoms with Gasteiger partial charge in [-0.3, -0.25) is 4.79 Å². The summed E-state index contributed by atoms with van der Waals surface area (Å²) in [5, 5.41) is 11.7. The van der Waals surface area contributed by atoms with E-state index in [-0.39, 0.29) is 5.91 Å². The number of nitrogens with zero attached hydrogens (tertiary/aromatic N) is 1. The van der Waals surface area contributed by atoms with E-state index in [1.807, 2.05) is 24.3 Å². The lowest BCUT2D eigenvalue weighted by molar-refractivity contribution is -0.121. The van der Waals surface area contributed by atoms with E-state index in [1.165, 1.54) is 0 Å². The van der Waals surface area contributed by atoms with Gasteiger partial charge in [0, 0.05) is 0 Å². The molecule has 1 aromatic carbocycles. The maximum atomic E-state index is 12.0. The summed E-state index contributed by atoms with van der Waals surface area (Å²) in [4.78, 5) is 12.0. The number of nitrogens with one attached hydrogen (secondary N) is 1. The largest absolute Gasteiger partial charge is 0.495 e. The number of carbonyl (C=O) groups is 1. The molecular weight excluding hydrogens is 240 g/mol. The van der Waals surface area contributed by atoms with Gasteiger partial charge in [0.1, 0.15) is 11.2 Å². The topological polar surface area (TPSA) is 62.1 Å². The zero-order valence-electron chi connectivity index (χ0n) is 12.1. The lowest BCUT2D eigenvalue weighted by atomic mass is 9.94. The van der Waals surface area contributed by atoms with Gasteiger partial charge in [0.25, 0.3) is 0 Å². The fourth-order valence-electron chi connectivity index (χ4n) is 1.51. The van der Waals surface area contributed by atoms with Crippen molar-refractivity contribution in [1.82, 2.24) is 0 Å². The van der Waals surface area contributed by atoms with Crippen molar-refractivity contribution in [2.75, 3.05) is 12.4 Å². The summed E-state index contributed by atoms with van der Waals surface area (Å²) < 4.78 is 5.23. The Morgan fingerprint density at radius 2 is 2.05 bits per heavy atom. The molecule has 19 heavy (non-hydrogen) atoms. The van der Waals surface area contributed by atoms with Crippen LogP contribution in [0.1, 0.15) is 39.2 Å². The van der Waals surface area contributed by atoms with E-state index in [1.54, 1.807) is 21.0 Å². The van der Waals surface area contributed by atoms with Gasteiger partial charge in [0.2, 0.25) is 5.91 Å². The van der Waals surface area contributed by atoms with E-state index in [0.717, 1.165) is 5.56 Å². The second-order valence-corrected chi connectivity index (χ2v) is 5.31. The Hall–Kier alpha value is -2.02. The van der Waals surface area contributed by atoms with E-state index in [2.05, 4.69) is 19.2 Å². The molecule has 0 aliphatic rings. The first-order valence-electron chi connectivity index (χ1n) is 6.22. The molecule has 0 unspecified atom stereocenters. The molecule has 102 valence electrons. The van der Waals surface area contributed by atoms with Gasteiger partial charge in [-0.1, -0.05) is 19.9 Å². The molecule has 0 fully saturated rings. The van der Waals surface area contributed by atoms with Gasteiger partial charge >= 0.3 is 0 Å². The second-order valence-electron chi connectivity index (χ2n) is 5.31.